The normalized spacial score (nSPS) is 21.3. The van der Waals surface area contributed by atoms with Crippen LogP contribution < -0.4 is 10.6 Å². The van der Waals surface area contributed by atoms with Crippen LogP contribution in [0, 0.1) is 0 Å². The summed E-state index contributed by atoms with van der Waals surface area (Å²) >= 11 is 0. The molecule has 2 N–H and O–H groups in total. The Morgan fingerprint density at radius 3 is 3.20 bits per heavy atom. The number of nitrogens with zero attached hydrogens (tertiary/aromatic N) is 2. The van der Waals surface area contributed by atoms with Crippen LogP contribution in [0.1, 0.15) is 23.2 Å². The minimum Gasteiger partial charge on any atom is -0.348 e. The average Bonchev–Trinajstić information content (AvgIpc) is 2.66. The summed E-state index contributed by atoms with van der Waals surface area (Å²) in [5, 5.41) is 10.2. The van der Waals surface area contributed by atoms with E-state index in [0.717, 1.165) is 25.9 Å². The van der Waals surface area contributed by atoms with Gasteiger partial charge in [0.2, 0.25) is 0 Å². The quantitative estimate of drug-likeness (QED) is 0.713. The third-order valence-corrected chi connectivity index (χ3v) is 2.60. The van der Waals surface area contributed by atoms with E-state index in [-0.39, 0.29) is 11.9 Å². The highest BCUT2D eigenvalue weighted by atomic mass is 16.1. The van der Waals surface area contributed by atoms with E-state index in [2.05, 4.69) is 15.7 Å². The van der Waals surface area contributed by atoms with Gasteiger partial charge in [0.1, 0.15) is 0 Å². The van der Waals surface area contributed by atoms with Gasteiger partial charge in [-0.1, -0.05) is 0 Å². The maximum absolute atomic E-state index is 11.7. The molecular weight excluding hydrogens is 192 g/mol. The highest BCUT2D eigenvalue weighted by Gasteiger charge is 2.16. The molecule has 5 nitrogen and oxygen atoms in total. The van der Waals surface area contributed by atoms with Crippen molar-refractivity contribution < 1.29 is 4.79 Å². The van der Waals surface area contributed by atoms with Gasteiger partial charge in [0.15, 0.2) is 0 Å². The highest BCUT2D eigenvalue weighted by Crippen LogP contribution is 2.03. The second-order valence-electron chi connectivity index (χ2n) is 3.92. The molecule has 82 valence electrons. The fourth-order valence-electron chi connectivity index (χ4n) is 1.78. The number of piperidine rings is 1. The lowest BCUT2D eigenvalue weighted by Gasteiger charge is -2.23. The standard InChI is InChI=1S/C10H16N4O/c1-14-7-8(5-12-14)10(15)13-9-3-2-4-11-6-9/h5,7,9,11H,2-4,6H2,1H3,(H,13,15)/t9-/m0/s1. The van der Waals surface area contributed by atoms with Gasteiger partial charge in [0.25, 0.3) is 5.91 Å². The second-order valence-corrected chi connectivity index (χ2v) is 3.92. The Balaban J connectivity index is 1.91. The van der Waals surface area contributed by atoms with E-state index >= 15 is 0 Å². The average molecular weight is 208 g/mol. The Bertz CT molecular complexity index is 341. The van der Waals surface area contributed by atoms with Crippen molar-refractivity contribution in [2.75, 3.05) is 13.1 Å². The van der Waals surface area contributed by atoms with Gasteiger partial charge in [0.05, 0.1) is 11.8 Å². The summed E-state index contributed by atoms with van der Waals surface area (Å²) in [7, 11) is 1.80. The molecule has 1 aliphatic rings. The van der Waals surface area contributed by atoms with E-state index in [9.17, 15) is 4.79 Å². The van der Waals surface area contributed by atoms with E-state index in [1.165, 1.54) is 0 Å². The molecule has 1 aromatic rings. The number of hydrogen-bond acceptors (Lipinski definition) is 3. The van der Waals surface area contributed by atoms with Crippen LogP contribution in [0.15, 0.2) is 12.4 Å². The molecule has 1 aromatic heterocycles. The van der Waals surface area contributed by atoms with E-state index in [1.54, 1.807) is 24.1 Å². The molecule has 1 atom stereocenters. The molecule has 1 amide bonds. The zero-order valence-corrected chi connectivity index (χ0v) is 8.86. The first-order valence-electron chi connectivity index (χ1n) is 5.26. The van der Waals surface area contributed by atoms with Crippen LogP contribution in [0.2, 0.25) is 0 Å². The Morgan fingerprint density at radius 1 is 1.73 bits per heavy atom. The maximum atomic E-state index is 11.7. The number of aryl methyl sites for hydroxylation is 1. The largest absolute Gasteiger partial charge is 0.348 e. The monoisotopic (exact) mass is 208 g/mol. The molecule has 1 fully saturated rings. The van der Waals surface area contributed by atoms with Crippen LogP contribution in [0.3, 0.4) is 0 Å². The molecule has 0 unspecified atom stereocenters. The lowest BCUT2D eigenvalue weighted by Crippen LogP contribution is -2.45. The van der Waals surface area contributed by atoms with Gasteiger partial charge in [-0.2, -0.15) is 5.10 Å². The van der Waals surface area contributed by atoms with E-state index < -0.39 is 0 Å². The fraction of sp³-hybridized carbons (Fsp3) is 0.600. The number of carbonyl (C=O) groups is 1. The van der Waals surface area contributed by atoms with Gasteiger partial charge in [-0.25, -0.2) is 0 Å². The topological polar surface area (TPSA) is 59.0 Å². The minimum absolute atomic E-state index is 0.0307. The summed E-state index contributed by atoms with van der Waals surface area (Å²) < 4.78 is 1.63. The molecule has 0 aromatic carbocycles. The van der Waals surface area contributed by atoms with Crippen molar-refractivity contribution >= 4 is 5.91 Å². The van der Waals surface area contributed by atoms with Crippen LogP contribution >= 0.6 is 0 Å². The number of rotatable bonds is 2. The maximum Gasteiger partial charge on any atom is 0.254 e. The fourth-order valence-corrected chi connectivity index (χ4v) is 1.78. The molecular formula is C10H16N4O. The molecule has 1 saturated heterocycles. The first kappa shape index (κ1) is 10.2. The Kier molecular flexibility index (Phi) is 3.01. The van der Waals surface area contributed by atoms with Gasteiger partial charge in [-0.15, -0.1) is 0 Å². The summed E-state index contributed by atoms with van der Waals surface area (Å²) in [6.07, 6.45) is 5.49. The van der Waals surface area contributed by atoms with Crippen molar-refractivity contribution in [1.82, 2.24) is 20.4 Å². The zero-order valence-electron chi connectivity index (χ0n) is 8.86. The SMILES string of the molecule is Cn1cc(C(=O)N[C@H]2CCCNC2)cn1. The third-order valence-electron chi connectivity index (χ3n) is 2.60. The number of amides is 1. The molecule has 0 aliphatic carbocycles. The molecule has 0 spiro atoms. The van der Waals surface area contributed by atoms with E-state index in [1.807, 2.05) is 0 Å². The van der Waals surface area contributed by atoms with Gasteiger partial charge >= 0.3 is 0 Å². The van der Waals surface area contributed by atoms with Crippen molar-refractivity contribution in [1.29, 1.82) is 0 Å². The van der Waals surface area contributed by atoms with Gasteiger partial charge < -0.3 is 10.6 Å². The Labute approximate surface area is 88.8 Å². The lowest BCUT2D eigenvalue weighted by molar-refractivity contribution is 0.0930. The Hall–Kier alpha value is -1.36. The van der Waals surface area contributed by atoms with Gasteiger partial charge in [-0.05, 0) is 19.4 Å². The third kappa shape index (κ3) is 2.56. The number of hydrogen-bond donors (Lipinski definition) is 2. The van der Waals surface area contributed by atoms with E-state index in [0.29, 0.717) is 5.56 Å². The summed E-state index contributed by atoms with van der Waals surface area (Å²) in [5.41, 5.74) is 0.628. The van der Waals surface area contributed by atoms with Crippen LogP contribution in [0.25, 0.3) is 0 Å². The first-order chi connectivity index (χ1) is 7.25. The van der Waals surface area contributed by atoms with Crippen molar-refractivity contribution in [3.63, 3.8) is 0 Å². The second kappa shape index (κ2) is 4.44. The minimum atomic E-state index is -0.0307. The first-order valence-corrected chi connectivity index (χ1v) is 5.26. The number of carbonyl (C=O) groups excluding carboxylic acids is 1. The van der Waals surface area contributed by atoms with Gasteiger partial charge in [0, 0.05) is 25.8 Å². The van der Waals surface area contributed by atoms with Gasteiger partial charge in [-0.3, -0.25) is 9.48 Å². The molecule has 5 heteroatoms. The predicted molar refractivity (Wildman–Crippen MR) is 56.6 cm³/mol. The molecule has 1 aliphatic heterocycles. The molecule has 0 bridgehead atoms. The summed E-state index contributed by atoms with van der Waals surface area (Å²) in [4.78, 5) is 11.7. The molecule has 2 heterocycles. The number of aromatic nitrogens is 2. The smallest absolute Gasteiger partial charge is 0.254 e. The summed E-state index contributed by atoms with van der Waals surface area (Å²) in [6.45, 7) is 1.92. The molecule has 2 rings (SSSR count). The van der Waals surface area contributed by atoms with Crippen LogP contribution in [-0.4, -0.2) is 34.8 Å². The molecule has 0 radical (unpaired) electrons. The predicted octanol–water partition coefficient (Wildman–Crippen LogP) is -0.0981. The lowest BCUT2D eigenvalue weighted by atomic mass is 10.1. The van der Waals surface area contributed by atoms with Crippen molar-refractivity contribution in [3.8, 4) is 0 Å². The summed E-state index contributed by atoms with van der Waals surface area (Å²) in [6, 6.07) is 0.256. The van der Waals surface area contributed by atoms with Crippen LogP contribution in [0.4, 0.5) is 0 Å². The zero-order chi connectivity index (χ0) is 10.7. The van der Waals surface area contributed by atoms with E-state index in [4.69, 9.17) is 0 Å². The van der Waals surface area contributed by atoms with Crippen molar-refractivity contribution in [3.05, 3.63) is 18.0 Å². The van der Waals surface area contributed by atoms with Crippen LogP contribution in [0.5, 0.6) is 0 Å². The highest BCUT2D eigenvalue weighted by molar-refractivity contribution is 5.93. The van der Waals surface area contributed by atoms with Crippen LogP contribution in [-0.2, 0) is 7.05 Å². The Morgan fingerprint density at radius 2 is 2.60 bits per heavy atom. The molecule has 15 heavy (non-hydrogen) atoms. The molecule has 0 saturated carbocycles. The number of nitrogens with one attached hydrogen (secondary N) is 2. The van der Waals surface area contributed by atoms with Crippen molar-refractivity contribution in [2.24, 2.45) is 7.05 Å². The van der Waals surface area contributed by atoms with Crippen molar-refractivity contribution in [2.45, 2.75) is 18.9 Å². The summed E-state index contributed by atoms with van der Waals surface area (Å²) in [5.74, 6) is -0.0307.